The molecule has 31 heavy (non-hydrogen) atoms. The molecule has 0 radical (unpaired) electrons. The second-order valence-corrected chi connectivity index (χ2v) is 8.55. The zero-order valence-corrected chi connectivity index (χ0v) is 22.0. The van der Waals surface area contributed by atoms with Gasteiger partial charge in [-0.1, -0.05) is 19.1 Å². The molecule has 1 aliphatic heterocycles. The number of anilines is 1. The van der Waals surface area contributed by atoms with Crippen molar-refractivity contribution in [3.8, 4) is 5.75 Å². The molecular weight excluding hydrogens is 521 g/mol. The monoisotopic (exact) mass is 557 g/mol. The van der Waals surface area contributed by atoms with Gasteiger partial charge in [0.15, 0.2) is 11.1 Å². The molecule has 1 aliphatic rings. The Morgan fingerprint density at radius 1 is 1.23 bits per heavy atom. The summed E-state index contributed by atoms with van der Waals surface area (Å²) in [6.07, 6.45) is 4.50. The van der Waals surface area contributed by atoms with Gasteiger partial charge in [-0.2, -0.15) is 0 Å². The van der Waals surface area contributed by atoms with Gasteiger partial charge < -0.3 is 20.3 Å². The van der Waals surface area contributed by atoms with Crippen molar-refractivity contribution in [1.82, 2.24) is 15.6 Å². The van der Waals surface area contributed by atoms with E-state index >= 15 is 0 Å². The SMILES string of the molecule is CCNC(=NCCC(C)c1ccc(OC)cc1)NCCc1csc(N2CCCC2)n1.I. The maximum absolute atomic E-state index is 5.24. The standard InChI is InChI=1S/C23H35N5OS.HI/c1-4-24-22(25-13-11-18(2)19-7-9-21(29-3)10-8-19)26-14-12-20-17-30-23(27-20)28-15-5-6-16-28;/h7-10,17-18H,4-6,11-16H2,1-3H3,(H2,24,25,26);1H. The van der Waals surface area contributed by atoms with Crippen molar-refractivity contribution in [2.75, 3.05) is 44.7 Å². The molecule has 1 aromatic carbocycles. The van der Waals surface area contributed by atoms with Gasteiger partial charge >= 0.3 is 0 Å². The molecule has 1 saturated heterocycles. The van der Waals surface area contributed by atoms with Crippen LogP contribution in [0.25, 0.3) is 0 Å². The maximum atomic E-state index is 5.24. The Balaban J connectivity index is 0.00000341. The molecule has 0 saturated carbocycles. The van der Waals surface area contributed by atoms with Crippen LogP contribution in [0.1, 0.15) is 50.3 Å². The molecule has 1 unspecified atom stereocenters. The molecule has 3 rings (SSSR count). The van der Waals surface area contributed by atoms with Crippen LogP contribution in [0.5, 0.6) is 5.75 Å². The Morgan fingerprint density at radius 2 is 1.97 bits per heavy atom. The number of ether oxygens (including phenoxy) is 1. The van der Waals surface area contributed by atoms with Gasteiger partial charge in [0, 0.05) is 44.5 Å². The third-order valence-electron chi connectivity index (χ3n) is 5.45. The minimum Gasteiger partial charge on any atom is -0.497 e. The predicted molar refractivity (Wildman–Crippen MR) is 143 cm³/mol. The summed E-state index contributed by atoms with van der Waals surface area (Å²) in [6.45, 7) is 9.13. The van der Waals surface area contributed by atoms with Crippen molar-refractivity contribution < 1.29 is 4.74 Å². The lowest BCUT2D eigenvalue weighted by molar-refractivity contribution is 0.414. The van der Waals surface area contributed by atoms with Crippen LogP contribution in [-0.2, 0) is 6.42 Å². The topological polar surface area (TPSA) is 61.8 Å². The lowest BCUT2D eigenvalue weighted by atomic mass is 9.98. The normalized spacial score (nSPS) is 14.8. The Bertz CT molecular complexity index is 790. The molecular formula is C23H36IN5OS. The minimum atomic E-state index is 0. The Hall–Kier alpha value is -1.55. The summed E-state index contributed by atoms with van der Waals surface area (Å²) in [6, 6.07) is 8.32. The van der Waals surface area contributed by atoms with E-state index in [2.05, 4.69) is 46.9 Å². The lowest BCUT2D eigenvalue weighted by Gasteiger charge is -2.14. The fourth-order valence-corrected chi connectivity index (χ4v) is 4.50. The number of aromatic nitrogens is 1. The largest absolute Gasteiger partial charge is 0.497 e. The van der Waals surface area contributed by atoms with E-state index in [1.807, 2.05) is 12.1 Å². The summed E-state index contributed by atoms with van der Waals surface area (Å²) < 4.78 is 5.24. The van der Waals surface area contributed by atoms with Gasteiger partial charge in [-0.05, 0) is 49.8 Å². The van der Waals surface area contributed by atoms with Crippen molar-refractivity contribution in [3.63, 3.8) is 0 Å². The van der Waals surface area contributed by atoms with Crippen LogP contribution in [0.4, 0.5) is 5.13 Å². The van der Waals surface area contributed by atoms with Gasteiger partial charge in [-0.15, -0.1) is 35.3 Å². The molecule has 0 spiro atoms. The molecule has 0 aliphatic carbocycles. The van der Waals surface area contributed by atoms with E-state index in [1.165, 1.54) is 29.2 Å². The van der Waals surface area contributed by atoms with Crippen molar-refractivity contribution in [2.24, 2.45) is 4.99 Å². The molecule has 1 fully saturated rings. The molecule has 0 amide bonds. The number of rotatable bonds is 10. The smallest absolute Gasteiger partial charge is 0.191 e. The van der Waals surface area contributed by atoms with E-state index in [0.29, 0.717) is 5.92 Å². The predicted octanol–water partition coefficient (Wildman–Crippen LogP) is 4.66. The summed E-state index contributed by atoms with van der Waals surface area (Å²) in [5, 5.41) is 10.2. The van der Waals surface area contributed by atoms with Crippen molar-refractivity contribution >= 4 is 46.4 Å². The molecule has 1 atom stereocenters. The number of hydrogen-bond donors (Lipinski definition) is 2. The number of guanidine groups is 1. The van der Waals surface area contributed by atoms with E-state index in [9.17, 15) is 0 Å². The van der Waals surface area contributed by atoms with Crippen LogP contribution in [0.2, 0.25) is 0 Å². The quantitative estimate of drug-likeness (QED) is 0.253. The molecule has 2 N–H and O–H groups in total. The summed E-state index contributed by atoms with van der Waals surface area (Å²) in [5.74, 6) is 2.24. The number of thiazole rings is 1. The van der Waals surface area contributed by atoms with Gasteiger partial charge in [0.1, 0.15) is 5.75 Å². The van der Waals surface area contributed by atoms with Gasteiger partial charge in [-0.3, -0.25) is 4.99 Å². The van der Waals surface area contributed by atoms with Crippen LogP contribution in [-0.4, -0.2) is 50.8 Å². The van der Waals surface area contributed by atoms with E-state index in [-0.39, 0.29) is 24.0 Å². The van der Waals surface area contributed by atoms with Crippen LogP contribution >= 0.6 is 35.3 Å². The molecule has 8 heteroatoms. The van der Waals surface area contributed by atoms with E-state index in [1.54, 1.807) is 18.4 Å². The Morgan fingerprint density at radius 3 is 2.65 bits per heavy atom. The van der Waals surface area contributed by atoms with Crippen molar-refractivity contribution in [2.45, 2.75) is 45.4 Å². The third kappa shape index (κ3) is 8.14. The fourth-order valence-electron chi connectivity index (χ4n) is 3.58. The lowest BCUT2D eigenvalue weighted by Crippen LogP contribution is -2.38. The molecule has 6 nitrogen and oxygen atoms in total. The first-order chi connectivity index (χ1) is 14.7. The first kappa shape index (κ1) is 25.7. The van der Waals surface area contributed by atoms with E-state index in [0.717, 1.165) is 57.3 Å². The van der Waals surface area contributed by atoms with Gasteiger partial charge in [0.25, 0.3) is 0 Å². The fraction of sp³-hybridized carbons (Fsp3) is 0.565. The number of halogens is 1. The summed E-state index contributed by atoms with van der Waals surface area (Å²) in [5.41, 5.74) is 2.49. The highest BCUT2D eigenvalue weighted by Crippen LogP contribution is 2.24. The summed E-state index contributed by atoms with van der Waals surface area (Å²) >= 11 is 1.77. The molecule has 1 aromatic heterocycles. The van der Waals surface area contributed by atoms with Crippen molar-refractivity contribution in [1.29, 1.82) is 0 Å². The third-order valence-corrected chi connectivity index (χ3v) is 6.40. The number of nitrogens with one attached hydrogen (secondary N) is 2. The highest BCUT2D eigenvalue weighted by atomic mass is 127. The maximum Gasteiger partial charge on any atom is 0.191 e. The first-order valence-corrected chi connectivity index (χ1v) is 11.9. The second kappa shape index (κ2) is 13.8. The molecule has 2 aromatic rings. The highest BCUT2D eigenvalue weighted by molar-refractivity contribution is 14.0. The second-order valence-electron chi connectivity index (χ2n) is 7.72. The van der Waals surface area contributed by atoms with Gasteiger partial charge in [-0.25, -0.2) is 4.98 Å². The molecule has 172 valence electrons. The van der Waals surface area contributed by atoms with Crippen molar-refractivity contribution in [3.05, 3.63) is 40.9 Å². The zero-order chi connectivity index (χ0) is 21.2. The number of benzene rings is 1. The van der Waals surface area contributed by atoms with Crippen LogP contribution in [0, 0.1) is 0 Å². The van der Waals surface area contributed by atoms with Crippen LogP contribution in [0.15, 0.2) is 34.6 Å². The number of hydrogen-bond acceptors (Lipinski definition) is 5. The summed E-state index contributed by atoms with van der Waals surface area (Å²) in [4.78, 5) is 12.0. The summed E-state index contributed by atoms with van der Waals surface area (Å²) in [7, 11) is 1.70. The zero-order valence-electron chi connectivity index (χ0n) is 18.9. The first-order valence-electron chi connectivity index (χ1n) is 11.0. The van der Waals surface area contributed by atoms with Gasteiger partial charge in [0.05, 0.1) is 12.8 Å². The van der Waals surface area contributed by atoms with E-state index < -0.39 is 0 Å². The van der Waals surface area contributed by atoms with Crippen LogP contribution in [0.3, 0.4) is 0 Å². The molecule has 0 bridgehead atoms. The Kier molecular flexibility index (Phi) is 11.4. The molecule has 2 heterocycles. The highest BCUT2D eigenvalue weighted by Gasteiger charge is 2.15. The number of methoxy groups -OCH3 is 1. The Labute approximate surface area is 207 Å². The minimum absolute atomic E-state index is 0. The van der Waals surface area contributed by atoms with Crippen LogP contribution < -0.4 is 20.3 Å². The van der Waals surface area contributed by atoms with Gasteiger partial charge in [0.2, 0.25) is 0 Å². The average Bonchev–Trinajstić information content (AvgIpc) is 3.46. The number of aliphatic imine (C=N–C) groups is 1. The number of nitrogens with zero attached hydrogens (tertiary/aromatic N) is 3. The van der Waals surface area contributed by atoms with E-state index in [4.69, 9.17) is 14.7 Å². The average molecular weight is 558 g/mol.